The Bertz CT molecular complexity index is 363. The van der Waals surface area contributed by atoms with Crippen LogP contribution in [0.3, 0.4) is 0 Å². The first-order chi connectivity index (χ1) is 7.98. The SMILES string of the molecule is CC(CO)CNC(=O)C(C)(N)c1ccccc1. The molecule has 0 heterocycles. The number of hydrogen-bond acceptors (Lipinski definition) is 3. The second kappa shape index (κ2) is 5.80. The molecule has 0 saturated carbocycles. The average Bonchev–Trinajstić information content (AvgIpc) is 2.36. The van der Waals surface area contributed by atoms with Crippen LogP contribution in [0.1, 0.15) is 19.4 Å². The van der Waals surface area contributed by atoms with E-state index in [-0.39, 0.29) is 18.4 Å². The molecular formula is C13H20N2O2. The molecule has 0 bridgehead atoms. The van der Waals surface area contributed by atoms with Gasteiger partial charge < -0.3 is 16.2 Å². The fraction of sp³-hybridized carbons (Fsp3) is 0.462. The van der Waals surface area contributed by atoms with Gasteiger partial charge in [0, 0.05) is 13.2 Å². The fourth-order valence-electron chi connectivity index (χ4n) is 1.43. The number of amides is 1. The molecule has 1 amide bonds. The van der Waals surface area contributed by atoms with Crippen LogP contribution in [0.4, 0.5) is 0 Å². The summed E-state index contributed by atoms with van der Waals surface area (Å²) in [4.78, 5) is 12.0. The topological polar surface area (TPSA) is 75.3 Å². The Hall–Kier alpha value is -1.39. The van der Waals surface area contributed by atoms with Crippen LogP contribution in [0, 0.1) is 5.92 Å². The van der Waals surface area contributed by atoms with Crippen LogP contribution in [0.25, 0.3) is 0 Å². The smallest absolute Gasteiger partial charge is 0.244 e. The number of aliphatic hydroxyl groups is 1. The molecular weight excluding hydrogens is 216 g/mol. The predicted octanol–water partition coefficient (Wildman–Crippen LogP) is 0.605. The maximum Gasteiger partial charge on any atom is 0.244 e. The van der Waals surface area contributed by atoms with Gasteiger partial charge in [-0.15, -0.1) is 0 Å². The third-order valence-electron chi connectivity index (χ3n) is 2.77. The van der Waals surface area contributed by atoms with Gasteiger partial charge in [0.05, 0.1) is 0 Å². The second-order valence-electron chi connectivity index (χ2n) is 4.57. The lowest BCUT2D eigenvalue weighted by atomic mass is 9.92. The summed E-state index contributed by atoms with van der Waals surface area (Å²) < 4.78 is 0. The van der Waals surface area contributed by atoms with Crippen molar-refractivity contribution in [1.82, 2.24) is 5.32 Å². The van der Waals surface area contributed by atoms with Gasteiger partial charge in [-0.2, -0.15) is 0 Å². The molecule has 0 aromatic heterocycles. The Kier molecular flexibility index (Phi) is 4.66. The molecule has 0 aliphatic heterocycles. The quantitative estimate of drug-likeness (QED) is 0.701. The van der Waals surface area contributed by atoms with Crippen LogP contribution in [-0.2, 0) is 10.3 Å². The zero-order chi connectivity index (χ0) is 12.9. The van der Waals surface area contributed by atoms with Crippen LogP contribution < -0.4 is 11.1 Å². The summed E-state index contributed by atoms with van der Waals surface area (Å²) in [6, 6.07) is 9.24. The van der Waals surface area contributed by atoms with Crippen molar-refractivity contribution in [2.45, 2.75) is 19.4 Å². The van der Waals surface area contributed by atoms with E-state index in [1.807, 2.05) is 37.3 Å². The summed E-state index contributed by atoms with van der Waals surface area (Å²) in [5.74, 6) is -0.200. The number of nitrogens with one attached hydrogen (secondary N) is 1. The summed E-state index contributed by atoms with van der Waals surface area (Å²) in [5.41, 5.74) is 5.76. The lowest BCUT2D eigenvalue weighted by Crippen LogP contribution is -2.50. The van der Waals surface area contributed by atoms with Crippen molar-refractivity contribution in [2.24, 2.45) is 11.7 Å². The van der Waals surface area contributed by atoms with Gasteiger partial charge in [0.2, 0.25) is 5.91 Å². The Morgan fingerprint density at radius 2 is 2.06 bits per heavy atom. The minimum Gasteiger partial charge on any atom is -0.396 e. The van der Waals surface area contributed by atoms with Crippen molar-refractivity contribution < 1.29 is 9.90 Å². The predicted molar refractivity (Wildman–Crippen MR) is 67.2 cm³/mol. The van der Waals surface area contributed by atoms with E-state index in [2.05, 4.69) is 5.32 Å². The van der Waals surface area contributed by atoms with Crippen molar-refractivity contribution in [3.05, 3.63) is 35.9 Å². The highest BCUT2D eigenvalue weighted by molar-refractivity contribution is 5.86. The third kappa shape index (κ3) is 3.54. The Labute approximate surface area is 102 Å². The number of nitrogens with two attached hydrogens (primary N) is 1. The number of carbonyl (C=O) groups is 1. The van der Waals surface area contributed by atoms with Gasteiger partial charge in [-0.1, -0.05) is 37.3 Å². The minimum atomic E-state index is -1.05. The van der Waals surface area contributed by atoms with E-state index in [0.29, 0.717) is 6.54 Å². The number of aliphatic hydroxyl groups excluding tert-OH is 1. The molecule has 2 unspecified atom stereocenters. The van der Waals surface area contributed by atoms with E-state index < -0.39 is 5.54 Å². The van der Waals surface area contributed by atoms with Gasteiger partial charge in [-0.25, -0.2) is 0 Å². The third-order valence-corrected chi connectivity index (χ3v) is 2.77. The molecule has 0 aliphatic carbocycles. The molecule has 94 valence electrons. The molecule has 1 rings (SSSR count). The van der Waals surface area contributed by atoms with E-state index in [9.17, 15) is 4.79 Å². The Morgan fingerprint density at radius 3 is 2.59 bits per heavy atom. The van der Waals surface area contributed by atoms with Crippen molar-refractivity contribution in [3.63, 3.8) is 0 Å². The molecule has 2 atom stereocenters. The van der Waals surface area contributed by atoms with Gasteiger partial charge in [0.25, 0.3) is 0 Å². The van der Waals surface area contributed by atoms with Gasteiger partial charge in [-0.3, -0.25) is 4.79 Å². The van der Waals surface area contributed by atoms with Crippen molar-refractivity contribution in [1.29, 1.82) is 0 Å². The number of rotatable bonds is 5. The van der Waals surface area contributed by atoms with Crippen LogP contribution >= 0.6 is 0 Å². The average molecular weight is 236 g/mol. The normalized spacial score (nSPS) is 16.0. The summed E-state index contributed by atoms with van der Waals surface area (Å²) in [6.07, 6.45) is 0. The van der Waals surface area contributed by atoms with E-state index in [4.69, 9.17) is 10.8 Å². The number of benzene rings is 1. The van der Waals surface area contributed by atoms with Gasteiger partial charge in [0.1, 0.15) is 5.54 Å². The first-order valence-electron chi connectivity index (χ1n) is 5.72. The maximum atomic E-state index is 12.0. The fourth-order valence-corrected chi connectivity index (χ4v) is 1.43. The lowest BCUT2D eigenvalue weighted by Gasteiger charge is -2.24. The molecule has 0 spiro atoms. The van der Waals surface area contributed by atoms with E-state index in [1.165, 1.54) is 0 Å². The molecule has 0 saturated heterocycles. The monoisotopic (exact) mass is 236 g/mol. The molecule has 4 N–H and O–H groups in total. The van der Waals surface area contributed by atoms with E-state index in [1.54, 1.807) is 6.92 Å². The Morgan fingerprint density at radius 1 is 1.47 bits per heavy atom. The highest BCUT2D eigenvalue weighted by Gasteiger charge is 2.30. The van der Waals surface area contributed by atoms with E-state index in [0.717, 1.165) is 5.56 Å². The van der Waals surface area contributed by atoms with Gasteiger partial charge in [-0.05, 0) is 18.4 Å². The van der Waals surface area contributed by atoms with Crippen molar-refractivity contribution in [2.75, 3.05) is 13.2 Å². The number of carbonyl (C=O) groups excluding carboxylic acids is 1. The van der Waals surface area contributed by atoms with Gasteiger partial charge in [0.15, 0.2) is 0 Å². The highest BCUT2D eigenvalue weighted by atomic mass is 16.3. The van der Waals surface area contributed by atoms with Crippen molar-refractivity contribution >= 4 is 5.91 Å². The molecule has 1 aromatic rings. The summed E-state index contributed by atoms with van der Waals surface area (Å²) in [6.45, 7) is 4.01. The van der Waals surface area contributed by atoms with Crippen LogP contribution in [0.5, 0.6) is 0 Å². The molecule has 4 nitrogen and oxygen atoms in total. The molecule has 1 aromatic carbocycles. The first kappa shape index (κ1) is 13.7. The van der Waals surface area contributed by atoms with Gasteiger partial charge >= 0.3 is 0 Å². The number of hydrogen-bond donors (Lipinski definition) is 3. The van der Waals surface area contributed by atoms with Crippen LogP contribution in [-0.4, -0.2) is 24.2 Å². The van der Waals surface area contributed by atoms with Crippen molar-refractivity contribution in [3.8, 4) is 0 Å². The summed E-state index contributed by atoms with van der Waals surface area (Å²) in [7, 11) is 0. The minimum absolute atomic E-state index is 0.0329. The maximum absolute atomic E-state index is 12.0. The largest absolute Gasteiger partial charge is 0.396 e. The standard InChI is InChI=1S/C13H20N2O2/c1-10(9-16)8-15-12(17)13(2,14)11-6-4-3-5-7-11/h3-7,10,16H,8-9,14H2,1-2H3,(H,15,17). The van der Waals surface area contributed by atoms with E-state index >= 15 is 0 Å². The summed E-state index contributed by atoms with van der Waals surface area (Å²) in [5, 5.41) is 11.6. The second-order valence-corrected chi connectivity index (χ2v) is 4.57. The van der Waals surface area contributed by atoms with Crippen LogP contribution in [0.2, 0.25) is 0 Å². The first-order valence-corrected chi connectivity index (χ1v) is 5.72. The lowest BCUT2D eigenvalue weighted by molar-refractivity contribution is -0.126. The summed E-state index contributed by atoms with van der Waals surface area (Å²) >= 11 is 0. The Balaban J connectivity index is 2.67. The van der Waals surface area contributed by atoms with Crippen LogP contribution in [0.15, 0.2) is 30.3 Å². The molecule has 17 heavy (non-hydrogen) atoms. The highest BCUT2D eigenvalue weighted by Crippen LogP contribution is 2.17. The molecule has 0 fully saturated rings. The molecule has 0 radical (unpaired) electrons. The zero-order valence-electron chi connectivity index (χ0n) is 10.3. The molecule has 4 heteroatoms. The molecule has 0 aliphatic rings. The zero-order valence-corrected chi connectivity index (χ0v) is 10.3.